The fraction of sp³-hybridized carbons (Fsp3) is 0.562. The van der Waals surface area contributed by atoms with Crippen molar-refractivity contribution >= 4 is 5.91 Å². The van der Waals surface area contributed by atoms with Gasteiger partial charge in [0.1, 0.15) is 0 Å². The molecule has 0 radical (unpaired) electrons. The molecule has 116 valence electrons. The molecule has 0 N–H and O–H groups in total. The first-order valence-corrected chi connectivity index (χ1v) is 7.14. The summed E-state index contributed by atoms with van der Waals surface area (Å²) in [6.07, 6.45) is 1.72. The van der Waals surface area contributed by atoms with E-state index in [1.165, 1.54) is 0 Å². The molecule has 0 atom stereocenters. The number of halogens is 3. The molecule has 21 heavy (non-hydrogen) atoms. The second kappa shape index (κ2) is 5.70. The fourth-order valence-electron chi connectivity index (χ4n) is 2.81. The average Bonchev–Trinajstić information content (AvgIpc) is 2.42. The highest BCUT2D eigenvalue weighted by Crippen LogP contribution is 2.34. The average molecular weight is 299 g/mol. The van der Waals surface area contributed by atoms with E-state index in [9.17, 15) is 18.0 Å². The molecule has 1 aromatic rings. The molecule has 2 rings (SSSR count). The number of carbonyl (C=O) groups is 1. The van der Waals surface area contributed by atoms with Crippen molar-refractivity contribution in [3.8, 4) is 0 Å². The van der Waals surface area contributed by atoms with Gasteiger partial charge in [0, 0.05) is 18.7 Å². The zero-order valence-corrected chi connectivity index (χ0v) is 12.5. The molecule has 0 bridgehead atoms. The van der Waals surface area contributed by atoms with Gasteiger partial charge in [0.15, 0.2) is 17.5 Å². The molecule has 0 aliphatic carbocycles. The number of benzene rings is 1. The van der Waals surface area contributed by atoms with Crippen LogP contribution >= 0.6 is 0 Å². The Hall–Kier alpha value is -1.52. The molecule has 5 heteroatoms. The normalized spacial score (nSPS) is 17.1. The number of hydrogen-bond acceptors (Lipinski definition) is 1. The summed E-state index contributed by atoms with van der Waals surface area (Å²) in [7, 11) is 0. The SMILES string of the molecule is CC(C)(C)C1CCN(C(=O)c2cc(F)c(F)c(F)c2)CC1. The highest BCUT2D eigenvalue weighted by Gasteiger charge is 2.31. The predicted octanol–water partition coefficient (Wildman–Crippen LogP) is 4.00. The zero-order valence-electron chi connectivity index (χ0n) is 12.5. The first-order chi connectivity index (χ1) is 9.70. The molecule has 0 saturated carbocycles. The third-order valence-electron chi connectivity index (χ3n) is 4.24. The van der Waals surface area contributed by atoms with Gasteiger partial charge in [-0.05, 0) is 36.3 Å². The van der Waals surface area contributed by atoms with Crippen molar-refractivity contribution in [3.63, 3.8) is 0 Å². The summed E-state index contributed by atoms with van der Waals surface area (Å²) < 4.78 is 39.3. The molecule has 1 heterocycles. The van der Waals surface area contributed by atoms with Gasteiger partial charge in [-0.25, -0.2) is 13.2 Å². The van der Waals surface area contributed by atoms with E-state index in [0.29, 0.717) is 19.0 Å². The van der Waals surface area contributed by atoms with Crippen LogP contribution in [0.2, 0.25) is 0 Å². The number of rotatable bonds is 1. The molecule has 0 aromatic heterocycles. The predicted molar refractivity (Wildman–Crippen MR) is 74.4 cm³/mol. The van der Waals surface area contributed by atoms with Gasteiger partial charge >= 0.3 is 0 Å². The Labute approximate surface area is 122 Å². The van der Waals surface area contributed by atoms with Crippen LogP contribution in [0, 0.1) is 28.8 Å². The minimum Gasteiger partial charge on any atom is -0.339 e. The van der Waals surface area contributed by atoms with E-state index in [-0.39, 0.29) is 11.0 Å². The molecular formula is C16H20F3NO. The maximum absolute atomic E-state index is 13.2. The lowest BCUT2D eigenvalue weighted by Gasteiger charge is -2.38. The van der Waals surface area contributed by atoms with Crippen molar-refractivity contribution in [1.29, 1.82) is 0 Å². The summed E-state index contributed by atoms with van der Waals surface area (Å²) in [6.45, 7) is 7.61. The molecule has 1 aliphatic heterocycles. The van der Waals surface area contributed by atoms with Crippen molar-refractivity contribution in [2.45, 2.75) is 33.6 Å². The molecule has 1 aliphatic rings. The number of piperidine rings is 1. The lowest BCUT2D eigenvalue weighted by atomic mass is 9.75. The van der Waals surface area contributed by atoms with Crippen molar-refractivity contribution in [2.24, 2.45) is 11.3 Å². The van der Waals surface area contributed by atoms with Crippen LogP contribution in [0.25, 0.3) is 0 Å². The summed E-state index contributed by atoms with van der Waals surface area (Å²) in [5.74, 6) is -4.13. The Morgan fingerprint density at radius 2 is 1.57 bits per heavy atom. The first kappa shape index (κ1) is 15.9. The van der Waals surface area contributed by atoms with E-state index in [2.05, 4.69) is 20.8 Å². The Kier molecular flexibility index (Phi) is 4.30. The summed E-state index contributed by atoms with van der Waals surface area (Å²) >= 11 is 0. The molecule has 0 spiro atoms. The number of carbonyl (C=O) groups excluding carboxylic acids is 1. The van der Waals surface area contributed by atoms with Crippen LogP contribution < -0.4 is 0 Å². The highest BCUT2D eigenvalue weighted by molar-refractivity contribution is 5.94. The number of likely N-dealkylation sites (tertiary alicyclic amines) is 1. The molecule has 2 nitrogen and oxygen atoms in total. The van der Waals surface area contributed by atoms with E-state index in [4.69, 9.17) is 0 Å². The van der Waals surface area contributed by atoms with E-state index in [1.807, 2.05) is 0 Å². The van der Waals surface area contributed by atoms with Crippen molar-refractivity contribution in [3.05, 3.63) is 35.1 Å². The minimum absolute atomic E-state index is 0.138. The van der Waals surface area contributed by atoms with Gasteiger partial charge in [-0.2, -0.15) is 0 Å². The maximum Gasteiger partial charge on any atom is 0.254 e. The molecular weight excluding hydrogens is 279 g/mol. The van der Waals surface area contributed by atoms with Crippen molar-refractivity contribution < 1.29 is 18.0 Å². The minimum atomic E-state index is -1.54. The zero-order chi connectivity index (χ0) is 15.8. The van der Waals surface area contributed by atoms with Crippen LogP contribution in [0.5, 0.6) is 0 Å². The quantitative estimate of drug-likeness (QED) is 0.718. The van der Waals surface area contributed by atoms with Crippen LogP contribution in [0.15, 0.2) is 12.1 Å². The summed E-state index contributed by atoms with van der Waals surface area (Å²) in [6, 6.07) is 1.52. The third-order valence-corrected chi connectivity index (χ3v) is 4.24. The van der Waals surface area contributed by atoms with Crippen molar-refractivity contribution in [2.75, 3.05) is 13.1 Å². The molecule has 1 aromatic carbocycles. The van der Waals surface area contributed by atoms with Gasteiger partial charge < -0.3 is 4.90 Å². The van der Waals surface area contributed by atoms with Gasteiger partial charge in [-0.1, -0.05) is 20.8 Å². The van der Waals surface area contributed by atoms with Gasteiger partial charge in [-0.15, -0.1) is 0 Å². The Balaban J connectivity index is 2.09. The number of amides is 1. The standard InChI is InChI=1S/C16H20F3NO/c1-16(2,3)11-4-6-20(7-5-11)15(21)10-8-12(17)14(19)13(18)9-10/h8-9,11H,4-7H2,1-3H3. The Bertz CT molecular complexity index is 520. The smallest absolute Gasteiger partial charge is 0.254 e. The van der Waals surface area contributed by atoms with Crippen LogP contribution in [0.4, 0.5) is 13.2 Å². The number of nitrogens with zero attached hydrogens (tertiary/aromatic N) is 1. The third kappa shape index (κ3) is 3.39. The largest absolute Gasteiger partial charge is 0.339 e. The maximum atomic E-state index is 13.2. The number of hydrogen-bond donors (Lipinski definition) is 0. The second-order valence-corrected chi connectivity index (χ2v) is 6.69. The summed E-state index contributed by atoms with van der Waals surface area (Å²) in [5.41, 5.74) is 0.0454. The lowest BCUT2D eigenvalue weighted by Crippen LogP contribution is -2.41. The Morgan fingerprint density at radius 1 is 1.10 bits per heavy atom. The monoisotopic (exact) mass is 299 g/mol. The van der Waals surface area contributed by atoms with Crippen LogP contribution in [0.3, 0.4) is 0 Å². The lowest BCUT2D eigenvalue weighted by molar-refractivity contribution is 0.0607. The summed E-state index contributed by atoms with van der Waals surface area (Å²) in [5, 5.41) is 0. The van der Waals surface area contributed by atoms with Crippen LogP contribution in [-0.4, -0.2) is 23.9 Å². The Morgan fingerprint density at radius 3 is 2.00 bits per heavy atom. The van der Waals surface area contributed by atoms with E-state index in [0.717, 1.165) is 25.0 Å². The summed E-state index contributed by atoms with van der Waals surface area (Å²) in [4.78, 5) is 13.8. The fourth-order valence-corrected chi connectivity index (χ4v) is 2.81. The van der Waals surface area contributed by atoms with E-state index in [1.54, 1.807) is 4.90 Å². The van der Waals surface area contributed by atoms with Gasteiger partial charge in [0.2, 0.25) is 0 Å². The molecule has 1 saturated heterocycles. The van der Waals surface area contributed by atoms with Crippen molar-refractivity contribution in [1.82, 2.24) is 4.90 Å². The topological polar surface area (TPSA) is 20.3 Å². The van der Waals surface area contributed by atoms with E-state index < -0.39 is 23.4 Å². The van der Waals surface area contributed by atoms with Gasteiger partial charge in [0.25, 0.3) is 5.91 Å². The van der Waals surface area contributed by atoms with Crippen LogP contribution in [0.1, 0.15) is 44.0 Å². The molecule has 1 fully saturated rings. The van der Waals surface area contributed by atoms with Gasteiger partial charge in [-0.3, -0.25) is 4.79 Å². The molecule has 0 unspecified atom stereocenters. The van der Waals surface area contributed by atoms with E-state index >= 15 is 0 Å². The first-order valence-electron chi connectivity index (χ1n) is 7.14. The molecule has 1 amide bonds. The van der Waals surface area contributed by atoms with Gasteiger partial charge in [0.05, 0.1) is 0 Å². The second-order valence-electron chi connectivity index (χ2n) is 6.69. The van der Waals surface area contributed by atoms with Crippen LogP contribution in [-0.2, 0) is 0 Å². The highest BCUT2D eigenvalue weighted by atomic mass is 19.2.